The first-order valence-electron chi connectivity index (χ1n) is 22.8. The fourth-order valence-corrected chi connectivity index (χ4v) is 13.8. The van der Waals surface area contributed by atoms with Crippen molar-refractivity contribution in [2.75, 3.05) is 4.90 Å². The van der Waals surface area contributed by atoms with Crippen molar-refractivity contribution < 1.29 is 4.74 Å². The molecule has 7 aliphatic rings. The number of nitrogens with zero attached hydrogens (tertiary/aromatic N) is 1. The summed E-state index contributed by atoms with van der Waals surface area (Å²) in [6.07, 6.45) is 11.6. The molecule has 0 aromatic heterocycles. The van der Waals surface area contributed by atoms with Crippen LogP contribution >= 0.6 is 0 Å². The quantitative estimate of drug-likeness (QED) is 0.181. The number of rotatable bonds is 4. The molecule has 0 atom stereocenters. The first-order chi connectivity index (χ1) is 27.7. The molecule has 4 bridgehead atoms. The van der Waals surface area contributed by atoms with Gasteiger partial charge in [0.2, 0.25) is 0 Å². The number of hydrogen-bond donors (Lipinski definition) is 0. The third kappa shape index (κ3) is 5.28. The Morgan fingerprint density at radius 3 is 1.60 bits per heavy atom. The van der Waals surface area contributed by atoms with E-state index < -0.39 is 0 Å². The highest BCUT2D eigenvalue weighted by atomic mass is 16.5. The number of fused-ring (bicyclic) bond motifs is 4. The Hall–Kier alpha value is -4.30. The molecule has 0 radical (unpaired) electrons. The lowest BCUT2D eigenvalue weighted by Gasteiger charge is -2.63. The minimum atomic E-state index is -0.0639. The van der Waals surface area contributed by atoms with Gasteiger partial charge in [-0.25, -0.2) is 0 Å². The number of para-hydroxylation sites is 1. The molecular weight excluding hydrogens is 703 g/mol. The summed E-state index contributed by atoms with van der Waals surface area (Å²) >= 11 is 0. The Kier molecular flexibility index (Phi) is 7.84. The van der Waals surface area contributed by atoms with Crippen LogP contribution in [-0.4, -0.2) is 0 Å². The summed E-state index contributed by atoms with van der Waals surface area (Å²) in [5, 5.41) is 0. The standard InChI is InChI=1S/C56H63NO/c1-52(2)24-26-54(5,6)46-33-38(18-22-43(46)52)37-16-19-41(20-17-37)57(42-21-23-44-47(34-42)55(7,8)27-25-53(44,3)4)48-13-11-15-50-51(48)56(45-12-9-10-14-49(45)58-50)39-29-35-28-36(31-39)32-40(56)30-35/h9-23,33-36,39-40H,24-32H2,1-8H3. The maximum absolute atomic E-state index is 7.05. The van der Waals surface area contributed by atoms with E-state index in [2.05, 4.69) is 163 Å². The van der Waals surface area contributed by atoms with Crippen LogP contribution in [0.5, 0.6) is 11.5 Å². The van der Waals surface area contributed by atoms with Crippen LogP contribution in [0.25, 0.3) is 11.1 Å². The number of benzene rings is 5. The molecule has 0 N–H and O–H groups in total. The van der Waals surface area contributed by atoms with Crippen molar-refractivity contribution >= 4 is 17.1 Å². The van der Waals surface area contributed by atoms with E-state index in [0.717, 1.165) is 23.3 Å². The first kappa shape index (κ1) is 36.8. The van der Waals surface area contributed by atoms with E-state index in [4.69, 9.17) is 4.74 Å². The largest absolute Gasteiger partial charge is 0.457 e. The van der Waals surface area contributed by atoms with Crippen molar-refractivity contribution in [1.29, 1.82) is 0 Å². The Labute approximate surface area is 348 Å². The molecule has 58 heavy (non-hydrogen) atoms. The molecular formula is C56H63NO. The summed E-state index contributed by atoms with van der Waals surface area (Å²) in [6, 6.07) is 40.5. The predicted molar refractivity (Wildman–Crippen MR) is 241 cm³/mol. The fourth-order valence-electron chi connectivity index (χ4n) is 13.8. The minimum Gasteiger partial charge on any atom is -0.457 e. The molecule has 0 amide bonds. The molecule has 12 rings (SSSR count). The smallest absolute Gasteiger partial charge is 0.133 e. The maximum atomic E-state index is 7.05. The van der Waals surface area contributed by atoms with Gasteiger partial charge in [0.25, 0.3) is 0 Å². The molecule has 4 saturated carbocycles. The molecule has 2 nitrogen and oxygen atoms in total. The summed E-state index contributed by atoms with van der Waals surface area (Å²) in [7, 11) is 0. The van der Waals surface area contributed by atoms with Gasteiger partial charge in [-0.15, -0.1) is 0 Å². The molecule has 1 aliphatic heterocycles. The summed E-state index contributed by atoms with van der Waals surface area (Å²) in [4.78, 5) is 2.63. The highest BCUT2D eigenvalue weighted by molar-refractivity contribution is 5.84. The molecule has 6 aliphatic carbocycles. The van der Waals surface area contributed by atoms with Gasteiger partial charge in [-0.05, 0) is 179 Å². The van der Waals surface area contributed by atoms with Crippen molar-refractivity contribution in [2.45, 2.75) is 140 Å². The molecule has 1 spiro atoms. The normalized spacial score (nSPS) is 28.5. The predicted octanol–water partition coefficient (Wildman–Crippen LogP) is 15.4. The van der Waals surface area contributed by atoms with Gasteiger partial charge in [-0.2, -0.15) is 0 Å². The molecule has 1 heterocycles. The molecule has 298 valence electrons. The van der Waals surface area contributed by atoms with Crippen LogP contribution in [0.15, 0.2) is 103 Å². The van der Waals surface area contributed by atoms with Gasteiger partial charge >= 0.3 is 0 Å². The monoisotopic (exact) mass is 765 g/mol. The van der Waals surface area contributed by atoms with Gasteiger partial charge in [0, 0.05) is 27.9 Å². The first-order valence-corrected chi connectivity index (χ1v) is 22.8. The average Bonchev–Trinajstić information content (AvgIpc) is 3.20. The third-order valence-corrected chi connectivity index (χ3v) is 17.0. The SMILES string of the molecule is CC1(C)CCC(C)(C)c2cc(-c3ccc(N(c4ccc5c(c4)C(C)(C)CCC5(C)C)c4cccc5c4C4(c6ccccc6O5)C5CC6CC(C5)CC4C6)cc3)ccc21. The molecule has 2 heteroatoms. The molecule has 5 aromatic carbocycles. The van der Waals surface area contributed by atoms with Crippen LogP contribution in [0.3, 0.4) is 0 Å². The Balaban J connectivity index is 1.11. The zero-order valence-electron chi connectivity index (χ0n) is 36.3. The van der Waals surface area contributed by atoms with E-state index in [0.29, 0.717) is 11.8 Å². The van der Waals surface area contributed by atoms with Crippen LogP contribution in [0.4, 0.5) is 17.1 Å². The molecule has 0 unspecified atom stereocenters. The van der Waals surface area contributed by atoms with Crippen molar-refractivity contribution in [3.05, 3.63) is 137 Å². The second-order valence-corrected chi connectivity index (χ2v) is 22.3. The van der Waals surface area contributed by atoms with Gasteiger partial charge in [0.1, 0.15) is 11.5 Å². The summed E-state index contributed by atoms with van der Waals surface area (Å²) < 4.78 is 7.05. The molecule has 4 fully saturated rings. The Morgan fingerprint density at radius 2 is 0.966 bits per heavy atom. The van der Waals surface area contributed by atoms with Crippen molar-refractivity contribution in [2.24, 2.45) is 23.7 Å². The second-order valence-electron chi connectivity index (χ2n) is 22.3. The summed E-state index contributed by atoms with van der Waals surface area (Å²) in [5.41, 5.74) is 15.8. The van der Waals surface area contributed by atoms with Crippen molar-refractivity contribution in [3.8, 4) is 22.6 Å². The van der Waals surface area contributed by atoms with Crippen molar-refractivity contribution in [1.82, 2.24) is 0 Å². The van der Waals surface area contributed by atoms with Crippen LogP contribution in [0.1, 0.15) is 147 Å². The lowest BCUT2D eigenvalue weighted by molar-refractivity contribution is -0.0449. The summed E-state index contributed by atoms with van der Waals surface area (Å²) in [5.74, 6) is 5.12. The van der Waals surface area contributed by atoms with Gasteiger partial charge in [0.15, 0.2) is 0 Å². The summed E-state index contributed by atoms with van der Waals surface area (Å²) in [6.45, 7) is 19.5. The van der Waals surface area contributed by atoms with Gasteiger partial charge in [0.05, 0.1) is 5.69 Å². The van der Waals surface area contributed by atoms with Crippen LogP contribution in [0, 0.1) is 23.7 Å². The van der Waals surface area contributed by atoms with E-state index in [9.17, 15) is 0 Å². The van der Waals surface area contributed by atoms with E-state index in [1.54, 1.807) is 0 Å². The topological polar surface area (TPSA) is 12.5 Å². The fraction of sp³-hybridized carbons (Fsp3) is 0.464. The van der Waals surface area contributed by atoms with Crippen molar-refractivity contribution in [3.63, 3.8) is 0 Å². The van der Waals surface area contributed by atoms with E-state index in [-0.39, 0.29) is 27.1 Å². The lowest BCUT2D eigenvalue weighted by atomic mass is 9.41. The third-order valence-electron chi connectivity index (χ3n) is 17.0. The number of anilines is 3. The minimum absolute atomic E-state index is 0.0639. The molecule has 0 saturated heterocycles. The number of hydrogen-bond acceptors (Lipinski definition) is 2. The van der Waals surface area contributed by atoms with Gasteiger partial charge in [-0.1, -0.05) is 116 Å². The highest BCUT2D eigenvalue weighted by Gasteiger charge is 2.62. The maximum Gasteiger partial charge on any atom is 0.133 e. The van der Waals surface area contributed by atoms with E-state index >= 15 is 0 Å². The van der Waals surface area contributed by atoms with Gasteiger partial charge in [-0.3, -0.25) is 0 Å². The number of ether oxygens (including phenoxy) is 1. The van der Waals surface area contributed by atoms with Crippen LogP contribution in [-0.2, 0) is 27.1 Å². The average molecular weight is 766 g/mol. The zero-order valence-corrected chi connectivity index (χ0v) is 36.3. The Morgan fingerprint density at radius 1 is 0.448 bits per heavy atom. The van der Waals surface area contributed by atoms with E-state index in [1.165, 1.54) is 119 Å². The molecule has 5 aromatic rings. The van der Waals surface area contributed by atoms with Gasteiger partial charge < -0.3 is 9.64 Å². The lowest BCUT2D eigenvalue weighted by Crippen LogP contribution is -2.57. The van der Waals surface area contributed by atoms with E-state index in [1.807, 2.05) is 0 Å². The zero-order chi connectivity index (χ0) is 40.0. The Bertz CT molecular complexity index is 2430. The van der Waals surface area contributed by atoms with Crippen LogP contribution in [0.2, 0.25) is 0 Å². The second kappa shape index (κ2) is 12.4. The highest BCUT2D eigenvalue weighted by Crippen LogP contribution is 2.70. The van der Waals surface area contributed by atoms with Crippen LogP contribution < -0.4 is 9.64 Å².